The van der Waals surface area contributed by atoms with Crippen LogP contribution in [0.4, 0.5) is 0 Å². The summed E-state index contributed by atoms with van der Waals surface area (Å²) in [6.45, 7) is 10.5. The summed E-state index contributed by atoms with van der Waals surface area (Å²) >= 11 is 0. The van der Waals surface area contributed by atoms with E-state index in [2.05, 4.69) is 80.4 Å². The lowest BCUT2D eigenvalue weighted by atomic mass is 9.82. The standard InChI is InChI=1S/C33H45N2O4Si/c1-33(2,3)28-14-16-31(17-15-28)40(30-8-6-5-7-9-30)39-25-29-18-19-34-32(35-29)27-12-10-26(11-13-27)24-38-23-22-37-21-20-36-4/h5-9,14-19,26-27H,10-13,20-25H2,1-4H3. The van der Waals surface area contributed by atoms with Gasteiger partial charge in [-0.25, -0.2) is 9.97 Å². The minimum absolute atomic E-state index is 0.127. The first-order valence-electron chi connectivity index (χ1n) is 14.6. The Labute approximate surface area is 242 Å². The summed E-state index contributed by atoms with van der Waals surface area (Å²) in [7, 11) is 0.272. The highest BCUT2D eigenvalue weighted by atomic mass is 28.3. The van der Waals surface area contributed by atoms with Crippen LogP contribution in [0.1, 0.15) is 69.5 Å². The van der Waals surface area contributed by atoms with Crippen molar-refractivity contribution in [3.63, 3.8) is 0 Å². The maximum absolute atomic E-state index is 6.65. The summed E-state index contributed by atoms with van der Waals surface area (Å²) in [5.74, 6) is 1.95. The number of methoxy groups -OCH3 is 1. The molecule has 2 aromatic carbocycles. The van der Waals surface area contributed by atoms with Crippen molar-refractivity contribution < 1.29 is 18.6 Å². The van der Waals surface area contributed by atoms with Gasteiger partial charge in [0.15, 0.2) is 0 Å². The maximum Gasteiger partial charge on any atom is 0.283 e. The minimum Gasteiger partial charge on any atom is -0.401 e. The van der Waals surface area contributed by atoms with Gasteiger partial charge in [0.1, 0.15) is 5.82 Å². The van der Waals surface area contributed by atoms with Gasteiger partial charge >= 0.3 is 0 Å². The molecule has 215 valence electrons. The van der Waals surface area contributed by atoms with Crippen LogP contribution in [-0.4, -0.2) is 59.2 Å². The Balaban J connectivity index is 1.31. The first-order valence-corrected chi connectivity index (χ1v) is 16.0. The van der Waals surface area contributed by atoms with Crippen molar-refractivity contribution in [1.29, 1.82) is 0 Å². The number of hydrogen-bond acceptors (Lipinski definition) is 6. The molecule has 0 unspecified atom stereocenters. The zero-order chi connectivity index (χ0) is 28.2. The molecule has 1 fully saturated rings. The molecule has 0 aliphatic heterocycles. The molecule has 4 rings (SSSR count). The molecule has 1 saturated carbocycles. The van der Waals surface area contributed by atoms with E-state index >= 15 is 0 Å². The van der Waals surface area contributed by atoms with E-state index in [-0.39, 0.29) is 5.41 Å². The second-order valence-electron chi connectivity index (χ2n) is 11.6. The molecule has 1 aliphatic carbocycles. The minimum atomic E-state index is -1.41. The normalized spacial score (nSPS) is 17.8. The summed E-state index contributed by atoms with van der Waals surface area (Å²) < 4.78 is 23.0. The molecular formula is C33H45N2O4Si. The molecule has 0 N–H and O–H groups in total. The monoisotopic (exact) mass is 561 g/mol. The van der Waals surface area contributed by atoms with E-state index in [0.29, 0.717) is 44.9 Å². The lowest BCUT2D eigenvalue weighted by Crippen LogP contribution is -2.45. The van der Waals surface area contributed by atoms with Gasteiger partial charge in [-0.15, -0.1) is 0 Å². The Hall–Kier alpha value is -2.42. The summed E-state index contributed by atoms with van der Waals surface area (Å²) in [4.78, 5) is 9.62. The zero-order valence-electron chi connectivity index (χ0n) is 24.6. The number of ether oxygens (including phenoxy) is 3. The fraction of sp³-hybridized carbons (Fsp3) is 0.515. The van der Waals surface area contributed by atoms with Crippen molar-refractivity contribution >= 4 is 19.4 Å². The van der Waals surface area contributed by atoms with E-state index in [1.807, 2.05) is 12.3 Å². The van der Waals surface area contributed by atoms with Gasteiger partial charge in [-0.1, -0.05) is 75.4 Å². The predicted molar refractivity (Wildman–Crippen MR) is 162 cm³/mol. The van der Waals surface area contributed by atoms with Gasteiger partial charge < -0.3 is 18.6 Å². The van der Waals surface area contributed by atoms with E-state index < -0.39 is 9.04 Å². The summed E-state index contributed by atoms with van der Waals surface area (Å²) in [6.07, 6.45) is 6.38. The third kappa shape index (κ3) is 9.31. The van der Waals surface area contributed by atoms with Crippen molar-refractivity contribution in [3.8, 4) is 0 Å². The van der Waals surface area contributed by atoms with Crippen LogP contribution in [0, 0.1) is 5.92 Å². The average molecular weight is 562 g/mol. The Kier molecular flexibility index (Phi) is 11.9. The van der Waals surface area contributed by atoms with Crippen LogP contribution in [0.25, 0.3) is 0 Å². The Morgan fingerprint density at radius 1 is 0.800 bits per heavy atom. The largest absolute Gasteiger partial charge is 0.401 e. The molecule has 40 heavy (non-hydrogen) atoms. The van der Waals surface area contributed by atoms with E-state index in [4.69, 9.17) is 23.6 Å². The summed E-state index contributed by atoms with van der Waals surface area (Å²) in [5, 5.41) is 2.49. The number of benzene rings is 2. The van der Waals surface area contributed by atoms with Crippen LogP contribution in [0.2, 0.25) is 0 Å². The topological polar surface area (TPSA) is 62.7 Å². The molecule has 1 radical (unpaired) electrons. The van der Waals surface area contributed by atoms with E-state index in [0.717, 1.165) is 43.8 Å². The second-order valence-corrected chi connectivity index (χ2v) is 13.7. The summed E-state index contributed by atoms with van der Waals surface area (Å²) in [6, 6.07) is 21.5. The number of nitrogens with zero attached hydrogens (tertiary/aromatic N) is 2. The van der Waals surface area contributed by atoms with Gasteiger partial charge in [0, 0.05) is 25.8 Å². The smallest absolute Gasteiger partial charge is 0.283 e. The molecule has 6 nitrogen and oxygen atoms in total. The summed E-state index contributed by atoms with van der Waals surface area (Å²) in [5.41, 5.74) is 2.41. The third-order valence-corrected chi connectivity index (χ3v) is 9.66. The zero-order valence-corrected chi connectivity index (χ0v) is 25.6. The van der Waals surface area contributed by atoms with Crippen molar-refractivity contribution in [2.45, 2.75) is 64.4 Å². The third-order valence-electron chi connectivity index (χ3n) is 7.51. The van der Waals surface area contributed by atoms with Crippen LogP contribution in [0.3, 0.4) is 0 Å². The van der Waals surface area contributed by atoms with Crippen LogP contribution in [-0.2, 0) is 30.7 Å². The van der Waals surface area contributed by atoms with Gasteiger partial charge in [0.2, 0.25) is 0 Å². The van der Waals surface area contributed by atoms with Gasteiger partial charge in [-0.3, -0.25) is 0 Å². The molecule has 3 aromatic rings. The Bertz CT molecular complexity index is 1130. The predicted octanol–water partition coefficient (Wildman–Crippen LogP) is 5.05. The number of aromatic nitrogens is 2. The van der Waals surface area contributed by atoms with E-state index in [1.165, 1.54) is 15.9 Å². The Morgan fingerprint density at radius 3 is 2.17 bits per heavy atom. The van der Waals surface area contributed by atoms with Crippen LogP contribution < -0.4 is 10.4 Å². The molecular weight excluding hydrogens is 516 g/mol. The highest BCUT2D eigenvalue weighted by Gasteiger charge is 2.25. The first-order chi connectivity index (χ1) is 19.4. The van der Waals surface area contributed by atoms with Crippen molar-refractivity contribution in [2.24, 2.45) is 5.92 Å². The lowest BCUT2D eigenvalue weighted by Gasteiger charge is -2.27. The molecule has 0 spiro atoms. The fourth-order valence-corrected chi connectivity index (χ4v) is 7.00. The lowest BCUT2D eigenvalue weighted by molar-refractivity contribution is 0.0112. The highest BCUT2D eigenvalue weighted by Crippen LogP contribution is 2.34. The quantitative estimate of drug-likeness (QED) is 0.203. The van der Waals surface area contributed by atoms with Crippen LogP contribution in [0.5, 0.6) is 0 Å². The van der Waals surface area contributed by atoms with Crippen LogP contribution in [0.15, 0.2) is 66.9 Å². The second kappa shape index (κ2) is 15.5. The molecule has 1 aliphatic rings. The SMILES string of the molecule is COCCOCCOCC1CCC(c2nccc(CO[Si](c3ccccc3)c3ccc(C(C)(C)C)cc3)n2)CC1. The molecule has 7 heteroatoms. The molecule has 1 aromatic heterocycles. The first kappa shape index (κ1) is 30.5. The van der Waals surface area contributed by atoms with Gasteiger partial charge in [-0.2, -0.15) is 0 Å². The average Bonchev–Trinajstić information content (AvgIpc) is 2.98. The van der Waals surface area contributed by atoms with Gasteiger partial charge in [0.25, 0.3) is 9.04 Å². The Morgan fingerprint density at radius 2 is 1.48 bits per heavy atom. The van der Waals surface area contributed by atoms with Crippen molar-refractivity contribution in [2.75, 3.05) is 40.1 Å². The fourth-order valence-electron chi connectivity index (χ4n) is 5.08. The molecule has 0 amide bonds. The van der Waals surface area contributed by atoms with Gasteiger partial charge in [-0.05, 0) is 59.0 Å². The van der Waals surface area contributed by atoms with Crippen molar-refractivity contribution in [1.82, 2.24) is 9.97 Å². The van der Waals surface area contributed by atoms with Crippen molar-refractivity contribution in [3.05, 3.63) is 83.9 Å². The maximum atomic E-state index is 6.65. The van der Waals surface area contributed by atoms with Gasteiger partial charge in [0.05, 0.1) is 38.7 Å². The highest BCUT2D eigenvalue weighted by molar-refractivity contribution is 6.80. The van der Waals surface area contributed by atoms with E-state index in [1.54, 1.807) is 7.11 Å². The number of hydrogen-bond donors (Lipinski definition) is 0. The molecule has 0 bridgehead atoms. The van der Waals surface area contributed by atoms with E-state index in [9.17, 15) is 0 Å². The molecule has 0 atom stereocenters. The molecule has 1 heterocycles. The van der Waals surface area contributed by atoms with Crippen LogP contribution >= 0.6 is 0 Å². The molecule has 0 saturated heterocycles. The number of rotatable bonds is 14.